The lowest BCUT2D eigenvalue weighted by Crippen LogP contribution is -2.40. The van der Waals surface area contributed by atoms with Crippen LogP contribution < -0.4 is 5.32 Å². The second-order valence-corrected chi connectivity index (χ2v) is 9.32. The van der Waals surface area contributed by atoms with Crippen LogP contribution >= 0.6 is 27.7 Å². The molecule has 1 aromatic heterocycles. The zero-order valence-electron chi connectivity index (χ0n) is 17.3. The van der Waals surface area contributed by atoms with Crippen LogP contribution in [-0.2, 0) is 0 Å². The molecule has 7 heteroatoms. The Bertz CT molecular complexity index is 822. The number of likely N-dealkylation sites (tertiary alicyclic amines) is 1. The molecule has 1 aliphatic heterocycles. The fraction of sp³-hybridized carbons (Fsp3) is 0.500. The normalized spacial score (nSPS) is 16.0. The van der Waals surface area contributed by atoms with Gasteiger partial charge in [0.15, 0.2) is 5.16 Å². The second-order valence-electron chi connectivity index (χ2n) is 7.70. The Balaban J connectivity index is 1.77. The van der Waals surface area contributed by atoms with E-state index in [1.807, 2.05) is 6.26 Å². The molecule has 1 atom stereocenters. The first-order valence-electron chi connectivity index (χ1n) is 10.2. The highest BCUT2D eigenvalue weighted by atomic mass is 79.9. The molecule has 1 unspecified atom stereocenters. The monoisotopic (exact) mass is 476 g/mol. The van der Waals surface area contributed by atoms with Crippen molar-refractivity contribution in [3.8, 4) is 0 Å². The van der Waals surface area contributed by atoms with E-state index >= 15 is 0 Å². The molecule has 0 aliphatic carbocycles. The van der Waals surface area contributed by atoms with Crippen molar-refractivity contribution in [1.82, 2.24) is 20.2 Å². The molecule has 2 aromatic rings. The molecule has 0 spiro atoms. The van der Waals surface area contributed by atoms with E-state index in [1.165, 1.54) is 42.2 Å². The average Bonchev–Trinajstić information content (AvgIpc) is 2.75. The highest BCUT2D eigenvalue weighted by molar-refractivity contribution is 9.10. The van der Waals surface area contributed by atoms with Gasteiger partial charge < -0.3 is 5.32 Å². The number of halogens is 1. The number of nitrogens with zero attached hydrogens (tertiary/aromatic N) is 3. The maximum absolute atomic E-state index is 12.8. The van der Waals surface area contributed by atoms with Crippen LogP contribution in [-0.4, -0.2) is 46.7 Å². The third kappa shape index (κ3) is 5.80. The van der Waals surface area contributed by atoms with Crippen molar-refractivity contribution in [1.29, 1.82) is 0 Å². The van der Waals surface area contributed by atoms with E-state index in [-0.39, 0.29) is 11.9 Å². The first-order valence-corrected chi connectivity index (χ1v) is 12.2. The molecule has 1 N–H and O–H groups in total. The Morgan fingerprint density at radius 1 is 1.17 bits per heavy atom. The minimum absolute atomic E-state index is 0.168. The highest BCUT2D eigenvalue weighted by Crippen LogP contribution is 2.26. The summed E-state index contributed by atoms with van der Waals surface area (Å²) in [5, 5.41) is 3.71. The molecule has 1 amide bonds. The number of rotatable bonds is 7. The lowest BCUT2D eigenvalue weighted by atomic mass is 9.97. The smallest absolute Gasteiger partial charge is 0.271 e. The van der Waals surface area contributed by atoms with Gasteiger partial charge in [-0.25, -0.2) is 9.97 Å². The number of carbonyl (C=O) groups excluding carboxylic acids is 1. The van der Waals surface area contributed by atoms with Crippen molar-refractivity contribution in [2.45, 2.75) is 50.2 Å². The molecular formula is C22H29BrN4OS. The van der Waals surface area contributed by atoms with Gasteiger partial charge in [0, 0.05) is 12.7 Å². The Morgan fingerprint density at radius 2 is 1.83 bits per heavy atom. The summed E-state index contributed by atoms with van der Waals surface area (Å²) in [6.07, 6.45) is 7.25. The molecule has 1 aromatic carbocycles. The van der Waals surface area contributed by atoms with Crippen LogP contribution in [0.1, 0.15) is 66.7 Å². The molecular weight excluding hydrogens is 448 g/mol. The van der Waals surface area contributed by atoms with Gasteiger partial charge in [-0.05, 0) is 65.2 Å². The van der Waals surface area contributed by atoms with Gasteiger partial charge in [0.1, 0.15) is 5.69 Å². The van der Waals surface area contributed by atoms with Crippen molar-refractivity contribution in [2.75, 3.05) is 25.9 Å². The van der Waals surface area contributed by atoms with Crippen molar-refractivity contribution in [3.63, 3.8) is 0 Å². The molecule has 3 rings (SSSR count). The number of benzene rings is 1. The number of amides is 1. The first-order chi connectivity index (χ1) is 14.0. The van der Waals surface area contributed by atoms with Crippen molar-refractivity contribution in [3.05, 3.63) is 51.8 Å². The first kappa shape index (κ1) is 22.2. The minimum Gasteiger partial charge on any atom is -0.349 e. The van der Waals surface area contributed by atoms with E-state index < -0.39 is 0 Å². The van der Waals surface area contributed by atoms with E-state index in [9.17, 15) is 4.79 Å². The van der Waals surface area contributed by atoms with Crippen LogP contribution in [0.3, 0.4) is 0 Å². The Kier molecular flexibility index (Phi) is 8.09. The van der Waals surface area contributed by atoms with E-state index in [2.05, 4.69) is 74.2 Å². The number of hydrogen-bond acceptors (Lipinski definition) is 5. The van der Waals surface area contributed by atoms with Gasteiger partial charge in [-0.1, -0.05) is 56.3 Å². The van der Waals surface area contributed by atoms with E-state index in [4.69, 9.17) is 0 Å². The van der Waals surface area contributed by atoms with Crippen LogP contribution in [0.25, 0.3) is 0 Å². The summed E-state index contributed by atoms with van der Waals surface area (Å²) in [6.45, 7) is 7.12. The summed E-state index contributed by atoms with van der Waals surface area (Å²) in [5.41, 5.74) is 2.98. The van der Waals surface area contributed by atoms with Gasteiger partial charge >= 0.3 is 0 Å². The zero-order valence-corrected chi connectivity index (χ0v) is 19.7. The molecule has 1 aliphatic rings. The number of nitrogens with one attached hydrogen (secondary N) is 1. The third-order valence-corrected chi connectivity index (χ3v) is 6.54. The predicted octanol–water partition coefficient (Wildman–Crippen LogP) is 5.04. The summed E-state index contributed by atoms with van der Waals surface area (Å²) < 4.78 is 0.614. The molecule has 29 heavy (non-hydrogen) atoms. The fourth-order valence-electron chi connectivity index (χ4n) is 3.67. The molecule has 2 heterocycles. The van der Waals surface area contributed by atoms with Crippen molar-refractivity contribution < 1.29 is 4.79 Å². The summed E-state index contributed by atoms with van der Waals surface area (Å²) in [4.78, 5) is 23.9. The third-order valence-electron chi connectivity index (χ3n) is 5.39. The lowest BCUT2D eigenvalue weighted by molar-refractivity contribution is 0.0917. The van der Waals surface area contributed by atoms with Crippen LogP contribution in [0.5, 0.6) is 0 Å². The number of hydrogen-bond donors (Lipinski definition) is 1. The minimum atomic E-state index is -0.171. The number of carbonyl (C=O) groups is 1. The summed E-state index contributed by atoms with van der Waals surface area (Å²) >= 11 is 4.83. The quantitative estimate of drug-likeness (QED) is 0.447. The van der Waals surface area contributed by atoms with Crippen LogP contribution in [0.2, 0.25) is 0 Å². The molecule has 1 fully saturated rings. The standard InChI is InChI=1S/C22H29BrN4OS/c1-15(2)16-7-9-17(10-8-16)19(27-11-5-4-6-12-27)14-24-21(28)20-18(23)13-25-22(26-20)29-3/h7-10,13,15,19H,4-6,11-12,14H2,1-3H3,(H,24,28). The largest absolute Gasteiger partial charge is 0.349 e. The molecule has 0 bridgehead atoms. The molecule has 0 radical (unpaired) electrons. The summed E-state index contributed by atoms with van der Waals surface area (Å²) in [7, 11) is 0. The number of aromatic nitrogens is 2. The Morgan fingerprint density at radius 3 is 2.45 bits per heavy atom. The summed E-state index contributed by atoms with van der Waals surface area (Å²) in [5.74, 6) is 0.341. The van der Waals surface area contributed by atoms with E-state index in [1.54, 1.807) is 6.20 Å². The van der Waals surface area contributed by atoms with Gasteiger partial charge in [0.05, 0.1) is 10.5 Å². The van der Waals surface area contributed by atoms with E-state index in [0.29, 0.717) is 27.8 Å². The number of thioether (sulfide) groups is 1. The van der Waals surface area contributed by atoms with Gasteiger partial charge in [-0.2, -0.15) is 0 Å². The maximum Gasteiger partial charge on any atom is 0.271 e. The van der Waals surface area contributed by atoms with E-state index in [0.717, 1.165) is 13.1 Å². The Labute approximate surface area is 186 Å². The summed E-state index contributed by atoms with van der Waals surface area (Å²) in [6, 6.07) is 9.02. The van der Waals surface area contributed by atoms with Gasteiger partial charge in [-0.3, -0.25) is 9.69 Å². The molecule has 1 saturated heterocycles. The zero-order chi connectivity index (χ0) is 20.8. The van der Waals surface area contributed by atoms with Gasteiger partial charge in [0.2, 0.25) is 0 Å². The maximum atomic E-state index is 12.8. The second kappa shape index (κ2) is 10.5. The van der Waals surface area contributed by atoms with Crippen LogP contribution in [0.4, 0.5) is 0 Å². The van der Waals surface area contributed by atoms with Gasteiger partial charge in [0.25, 0.3) is 5.91 Å². The van der Waals surface area contributed by atoms with Crippen LogP contribution in [0.15, 0.2) is 40.1 Å². The van der Waals surface area contributed by atoms with Crippen LogP contribution in [0, 0.1) is 0 Å². The SMILES string of the molecule is CSc1ncc(Br)c(C(=O)NCC(c2ccc(C(C)C)cc2)N2CCCCC2)n1. The Hall–Kier alpha value is -1.44. The predicted molar refractivity (Wildman–Crippen MR) is 123 cm³/mol. The van der Waals surface area contributed by atoms with Crippen molar-refractivity contribution in [2.24, 2.45) is 0 Å². The average molecular weight is 477 g/mol. The topological polar surface area (TPSA) is 58.1 Å². The highest BCUT2D eigenvalue weighted by Gasteiger charge is 2.24. The molecule has 5 nitrogen and oxygen atoms in total. The lowest BCUT2D eigenvalue weighted by Gasteiger charge is -2.35. The molecule has 156 valence electrons. The van der Waals surface area contributed by atoms with Gasteiger partial charge in [-0.15, -0.1) is 0 Å². The molecule has 0 saturated carbocycles. The fourth-order valence-corrected chi connectivity index (χ4v) is 4.38. The van der Waals surface area contributed by atoms with Crippen molar-refractivity contribution >= 4 is 33.6 Å². The number of piperidine rings is 1.